The van der Waals surface area contributed by atoms with Gasteiger partial charge in [0.1, 0.15) is 4.60 Å². The molecule has 8 heavy (non-hydrogen) atoms. The Kier molecular flexibility index (Phi) is 1.47. The minimum absolute atomic E-state index is 0.290. The van der Waals surface area contributed by atoms with E-state index in [9.17, 15) is 0 Å². The molecule has 0 aromatic carbocycles. The van der Waals surface area contributed by atoms with Crippen LogP contribution in [0.5, 0.6) is 0 Å². The Balaban J connectivity index is 3.25. The molecule has 0 aliphatic heterocycles. The third kappa shape index (κ3) is 1.20. The molecule has 1 rings (SSSR count). The van der Waals surface area contributed by atoms with E-state index in [1.54, 1.807) is 0 Å². The lowest BCUT2D eigenvalue weighted by atomic mass is 10.5. The molecule has 0 aliphatic rings. The van der Waals surface area contributed by atoms with Crippen LogP contribution >= 0.6 is 27.5 Å². The monoisotopic (exact) mass is 192 g/mol. The fourth-order valence-electron chi connectivity index (χ4n) is 0.329. The molecule has 42 valence electrons. The van der Waals surface area contributed by atoms with Crippen LogP contribution in [0.1, 0.15) is 1.37 Å². The molecule has 0 unspecified atom stereocenters. The minimum Gasteiger partial charge on any atom is -0.248 e. The van der Waals surface area contributed by atoms with E-state index in [2.05, 4.69) is 20.9 Å². The Bertz CT molecular complexity index is 208. The molecule has 1 heterocycles. The highest BCUT2D eigenvalue weighted by atomic mass is 79.9. The lowest BCUT2D eigenvalue weighted by Gasteiger charge is -1.88. The van der Waals surface area contributed by atoms with Gasteiger partial charge in [-0.15, -0.1) is 0 Å². The molecule has 0 aliphatic carbocycles. The van der Waals surface area contributed by atoms with Crippen molar-refractivity contribution in [3.63, 3.8) is 0 Å². The summed E-state index contributed by atoms with van der Waals surface area (Å²) in [5, 5.41) is 0.359. The second kappa shape index (κ2) is 2.46. The molecule has 1 aromatic rings. The van der Waals surface area contributed by atoms with Crippen molar-refractivity contribution in [2.45, 2.75) is 0 Å². The van der Waals surface area contributed by atoms with E-state index in [4.69, 9.17) is 13.0 Å². The Hall–Kier alpha value is -0.0800. The van der Waals surface area contributed by atoms with Gasteiger partial charge >= 0.3 is 0 Å². The van der Waals surface area contributed by atoms with E-state index in [1.165, 1.54) is 12.3 Å². The predicted octanol–water partition coefficient (Wildman–Crippen LogP) is 2.50. The topological polar surface area (TPSA) is 12.9 Å². The van der Waals surface area contributed by atoms with Crippen LogP contribution in [0, 0.1) is 0 Å². The molecular weight excluding hydrogens is 189 g/mol. The van der Waals surface area contributed by atoms with Gasteiger partial charge in [0.25, 0.3) is 0 Å². The molecule has 0 saturated carbocycles. The quantitative estimate of drug-likeness (QED) is 0.577. The van der Waals surface area contributed by atoms with Crippen LogP contribution in [0.25, 0.3) is 0 Å². The van der Waals surface area contributed by atoms with Gasteiger partial charge in [-0.05, 0) is 28.0 Å². The Labute approximate surface area is 62.2 Å². The molecule has 0 N–H and O–H groups in total. The number of aromatic nitrogens is 1. The first-order valence-corrected chi connectivity index (χ1v) is 3.15. The standard InChI is InChI=1S/C5H3BrClN/c6-5-4(7)2-1-3-8-5/h1-3H/i2D. The highest BCUT2D eigenvalue weighted by molar-refractivity contribution is 9.10. The summed E-state index contributed by atoms with van der Waals surface area (Å²) in [6.07, 6.45) is 1.53. The molecule has 0 atom stereocenters. The lowest BCUT2D eigenvalue weighted by molar-refractivity contribution is 1.28. The van der Waals surface area contributed by atoms with Crippen LogP contribution in [0.15, 0.2) is 22.9 Å². The van der Waals surface area contributed by atoms with Crippen molar-refractivity contribution < 1.29 is 1.37 Å². The Morgan fingerprint density at radius 1 is 1.88 bits per heavy atom. The zero-order chi connectivity index (χ0) is 6.85. The molecule has 0 spiro atoms. The fourth-order valence-corrected chi connectivity index (χ4v) is 0.674. The molecule has 3 heteroatoms. The molecule has 0 fully saturated rings. The average molecular weight is 193 g/mol. The van der Waals surface area contributed by atoms with Crippen LogP contribution < -0.4 is 0 Å². The normalized spacial score (nSPS) is 11.0. The summed E-state index contributed by atoms with van der Waals surface area (Å²) in [6.45, 7) is 0. The summed E-state index contributed by atoms with van der Waals surface area (Å²) in [5.41, 5.74) is 0. The van der Waals surface area contributed by atoms with E-state index in [-0.39, 0.29) is 0 Å². The summed E-state index contributed by atoms with van der Waals surface area (Å²) >= 11 is 8.66. The van der Waals surface area contributed by atoms with Gasteiger partial charge in [-0.25, -0.2) is 4.98 Å². The molecule has 0 radical (unpaired) electrons. The Morgan fingerprint density at radius 2 is 2.62 bits per heavy atom. The van der Waals surface area contributed by atoms with Crippen molar-refractivity contribution in [1.82, 2.24) is 4.98 Å². The number of hydrogen-bond acceptors (Lipinski definition) is 1. The van der Waals surface area contributed by atoms with E-state index in [0.717, 1.165) is 0 Å². The van der Waals surface area contributed by atoms with Crippen molar-refractivity contribution in [3.8, 4) is 0 Å². The minimum atomic E-state index is 0.290. The molecule has 1 aromatic heterocycles. The molecule has 0 saturated heterocycles. The van der Waals surface area contributed by atoms with Crippen molar-refractivity contribution in [2.24, 2.45) is 0 Å². The zero-order valence-electron chi connectivity index (χ0n) is 4.86. The van der Waals surface area contributed by atoms with Crippen molar-refractivity contribution in [2.75, 3.05) is 0 Å². The third-order valence-electron chi connectivity index (χ3n) is 0.654. The number of pyridine rings is 1. The number of rotatable bonds is 0. The maximum absolute atomic E-state index is 7.16. The predicted molar refractivity (Wildman–Crippen MR) is 36.9 cm³/mol. The molecule has 1 nitrogen and oxygen atoms in total. The summed E-state index contributed by atoms with van der Waals surface area (Å²) in [6, 6.07) is 1.83. The smallest absolute Gasteiger partial charge is 0.124 e. The van der Waals surface area contributed by atoms with Crippen molar-refractivity contribution in [1.29, 1.82) is 0 Å². The largest absolute Gasteiger partial charge is 0.248 e. The summed E-state index contributed by atoms with van der Waals surface area (Å²) in [5.74, 6) is 0. The van der Waals surface area contributed by atoms with Gasteiger partial charge in [0.05, 0.1) is 6.39 Å². The van der Waals surface area contributed by atoms with E-state index < -0.39 is 0 Å². The molecule has 0 bridgehead atoms. The van der Waals surface area contributed by atoms with Gasteiger partial charge in [-0.3, -0.25) is 0 Å². The van der Waals surface area contributed by atoms with Crippen LogP contribution in [0.2, 0.25) is 5.02 Å². The first-order valence-electron chi connectivity index (χ1n) is 2.48. The summed E-state index contributed by atoms with van der Waals surface area (Å²) in [7, 11) is 0. The third-order valence-corrected chi connectivity index (χ3v) is 1.77. The zero-order valence-corrected chi connectivity index (χ0v) is 6.20. The first kappa shape index (κ1) is 4.77. The number of hydrogen-bond donors (Lipinski definition) is 0. The SMILES string of the molecule is [2H]c1ccnc(Br)c1Cl. The first-order chi connectivity index (χ1) is 4.22. The second-order valence-electron chi connectivity index (χ2n) is 1.19. The second-order valence-corrected chi connectivity index (χ2v) is 2.32. The van der Waals surface area contributed by atoms with Crippen LogP contribution in [0.3, 0.4) is 0 Å². The number of halogens is 2. The highest BCUT2D eigenvalue weighted by Gasteiger charge is 1.90. The van der Waals surface area contributed by atoms with Crippen LogP contribution in [-0.4, -0.2) is 4.98 Å². The lowest BCUT2D eigenvalue weighted by Crippen LogP contribution is -1.71. The summed E-state index contributed by atoms with van der Waals surface area (Å²) < 4.78 is 7.68. The van der Waals surface area contributed by atoms with Gasteiger partial charge < -0.3 is 0 Å². The summed E-state index contributed by atoms with van der Waals surface area (Å²) in [4.78, 5) is 3.80. The average Bonchev–Trinajstić information content (AvgIpc) is 1.83. The number of nitrogens with zero attached hydrogens (tertiary/aromatic N) is 1. The fraction of sp³-hybridized carbons (Fsp3) is 0. The Morgan fingerprint density at radius 3 is 3.12 bits per heavy atom. The van der Waals surface area contributed by atoms with Crippen molar-refractivity contribution in [3.05, 3.63) is 27.9 Å². The van der Waals surface area contributed by atoms with E-state index in [0.29, 0.717) is 15.7 Å². The van der Waals surface area contributed by atoms with Crippen LogP contribution in [-0.2, 0) is 0 Å². The molecule has 0 amide bonds. The van der Waals surface area contributed by atoms with Crippen LogP contribution in [0.4, 0.5) is 0 Å². The van der Waals surface area contributed by atoms with Crippen molar-refractivity contribution >= 4 is 27.5 Å². The van der Waals surface area contributed by atoms with E-state index >= 15 is 0 Å². The van der Waals surface area contributed by atoms with E-state index in [1.807, 2.05) is 0 Å². The highest BCUT2D eigenvalue weighted by Crippen LogP contribution is 2.17. The van der Waals surface area contributed by atoms with Gasteiger partial charge in [0.2, 0.25) is 0 Å². The maximum atomic E-state index is 7.16. The van der Waals surface area contributed by atoms with Gasteiger partial charge in [0, 0.05) is 6.20 Å². The van der Waals surface area contributed by atoms with Gasteiger partial charge in [-0.2, -0.15) is 0 Å². The van der Waals surface area contributed by atoms with Gasteiger partial charge in [-0.1, -0.05) is 11.6 Å². The van der Waals surface area contributed by atoms with Gasteiger partial charge in [0.15, 0.2) is 0 Å². The molecular formula is C5H3BrClN. The maximum Gasteiger partial charge on any atom is 0.124 e.